The van der Waals surface area contributed by atoms with E-state index in [1.54, 1.807) is 48.5 Å². The van der Waals surface area contributed by atoms with Gasteiger partial charge in [-0.3, -0.25) is 9.69 Å². The summed E-state index contributed by atoms with van der Waals surface area (Å²) >= 11 is 5.92. The van der Waals surface area contributed by atoms with Crippen LogP contribution in [0.1, 0.15) is 28.8 Å². The van der Waals surface area contributed by atoms with Gasteiger partial charge in [-0.2, -0.15) is 0 Å². The standard InChI is InChI=1S/C19H13ClN2O4/c20-11-5-7-12(8-6-11)21-17(24)19(22(18(21)25)13-9-10-13)15-4-2-1-3-14(15)16(23)26-19/h1-8,13H,9-10H2. The molecule has 1 saturated carbocycles. The SMILES string of the molecule is O=C1OC2(C(=O)N(c3ccc(Cl)cc3)C(=O)N2C2CC2)c2ccccc21. The van der Waals surface area contributed by atoms with E-state index in [2.05, 4.69) is 0 Å². The van der Waals surface area contributed by atoms with Crippen molar-refractivity contribution < 1.29 is 19.1 Å². The minimum Gasteiger partial charge on any atom is -0.421 e. The quantitative estimate of drug-likeness (QED) is 0.602. The number of carbonyl (C=O) groups excluding carboxylic acids is 3. The molecule has 1 saturated heterocycles. The van der Waals surface area contributed by atoms with Crippen LogP contribution in [0, 0.1) is 0 Å². The van der Waals surface area contributed by atoms with Gasteiger partial charge in [0, 0.05) is 16.6 Å². The molecule has 0 N–H and O–H groups in total. The van der Waals surface area contributed by atoms with E-state index in [1.807, 2.05) is 0 Å². The van der Waals surface area contributed by atoms with Crippen LogP contribution in [0.4, 0.5) is 10.5 Å². The van der Waals surface area contributed by atoms with Crippen molar-refractivity contribution in [2.75, 3.05) is 4.90 Å². The largest absolute Gasteiger partial charge is 0.421 e. The number of hydrogen-bond acceptors (Lipinski definition) is 4. The van der Waals surface area contributed by atoms with Crippen LogP contribution in [0.2, 0.25) is 5.02 Å². The number of amides is 3. The molecular formula is C19H13ClN2O4. The van der Waals surface area contributed by atoms with Gasteiger partial charge in [0.05, 0.1) is 11.3 Å². The predicted molar refractivity (Wildman–Crippen MR) is 92.7 cm³/mol. The number of hydrogen-bond donors (Lipinski definition) is 0. The van der Waals surface area contributed by atoms with Gasteiger partial charge < -0.3 is 4.74 Å². The third-order valence-corrected chi connectivity index (χ3v) is 5.23. The van der Waals surface area contributed by atoms with E-state index >= 15 is 0 Å². The van der Waals surface area contributed by atoms with Crippen molar-refractivity contribution in [2.24, 2.45) is 0 Å². The summed E-state index contributed by atoms with van der Waals surface area (Å²) in [7, 11) is 0. The smallest absolute Gasteiger partial charge is 0.341 e. The minimum atomic E-state index is -1.72. The lowest BCUT2D eigenvalue weighted by Gasteiger charge is -2.30. The van der Waals surface area contributed by atoms with Crippen molar-refractivity contribution in [3.05, 3.63) is 64.7 Å². The molecule has 0 radical (unpaired) electrons. The van der Waals surface area contributed by atoms with E-state index in [-0.39, 0.29) is 6.04 Å². The summed E-state index contributed by atoms with van der Waals surface area (Å²) in [5.74, 6) is -1.17. The van der Waals surface area contributed by atoms with Gasteiger partial charge in [0.2, 0.25) is 0 Å². The molecule has 0 aromatic heterocycles. The summed E-state index contributed by atoms with van der Waals surface area (Å²) in [6.45, 7) is 0. The molecule has 130 valence electrons. The summed E-state index contributed by atoms with van der Waals surface area (Å²) in [5, 5.41) is 0.499. The average Bonchev–Trinajstić information content (AvgIpc) is 3.38. The van der Waals surface area contributed by atoms with Crippen LogP contribution in [0.3, 0.4) is 0 Å². The molecule has 2 aromatic carbocycles. The van der Waals surface area contributed by atoms with Crippen molar-refractivity contribution in [1.29, 1.82) is 0 Å². The highest BCUT2D eigenvalue weighted by molar-refractivity contribution is 6.31. The Kier molecular flexibility index (Phi) is 3.01. The highest BCUT2D eigenvalue weighted by Crippen LogP contribution is 2.50. The molecule has 5 rings (SSSR count). The number of imide groups is 1. The zero-order valence-electron chi connectivity index (χ0n) is 13.5. The Balaban J connectivity index is 1.71. The first-order chi connectivity index (χ1) is 12.5. The molecule has 26 heavy (non-hydrogen) atoms. The molecule has 3 amide bonds. The molecule has 1 atom stereocenters. The Morgan fingerprint density at radius 1 is 1.00 bits per heavy atom. The Morgan fingerprint density at radius 3 is 2.38 bits per heavy atom. The zero-order valence-corrected chi connectivity index (χ0v) is 14.3. The van der Waals surface area contributed by atoms with E-state index in [0.29, 0.717) is 21.8 Å². The number of halogens is 1. The summed E-state index contributed by atoms with van der Waals surface area (Å²) in [4.78, 5) is 41.5. The highest BCUT2D eigenvalue weighted by atomic mass is 35.5. The van der Waals surface area contributed by atoms with Crippen LogP contribution in [0.5, 0.6) is 0 Å². The number of urea groups is 1. The fourth-order valence-corrected chi connectivity index (χ4v) is 3.81. The van der Waals surface area contributed by atoms with Gasteiger partial charge in [0.1, 0.15) is 0 Å². The van der Waals surface area contributed by atoms with Crippen LogP contribution in [0.15, 0.2) is 48.5 Å². The molecule has 2 aromatic rings. The molecular weight excluding hydrogens is 356 g/mol. The second-order valence-corrected chi connectivity index (χ2v) is 7.02. The van der Waals surface area contributed by atoms with Gasteiger partial charge in [-0.25, -0.2) is 14.5 Å². The van der Waals surface area contributed by atoms with Crippen molar-refractivity contribution in [2.45, 2.75) is 24.6 Å². The Labute approximate surface area is 153 Å². The highest BCUT2D eigenvalue weighted by Gasteiger charge is 2.68. The number of ether oxygens (including phenoxy) is 1. The van der Waals surface area contributed by atoms with E-state index in [9.17, 15) is 14.4 Å². The first-order valence-electron chi connectivity index (χ1n) is 8.30. The van der Waals surface area contributed by atoms with Crippen molar-refractivity contribution in [3.63, 3.8) is 0 Å². The van der Waals surface area contributed by atoms with Crippen LogP contribution in [-0.2, 0) is 15.3 Å². The number of carbonyl (C=O) groups is 3. The normalized spacial score (nSPS) is 24.4. The van der Waals surface area contributed by atoms with E-state index in [4.69, 9.17) is 16.3 Å². The van der Waals surface area contributed by atoms with Crippen LogP contribution in [-0.4, -0.2) is 28.8 Å². The van der Waals surface area contributed by atoms with E-state index < -0.39 is 23.6 Å². The predicted octanol–water partition coefficient (Wildman–Crippen LogP) is 3.29. The van der Waals surface area contributed by atoms with Gasteiger partial charge in [-0.1, -0.05) is 29.8 Å². The van der Waals surface area contributed by atoms with Crippen LogP contribution >= 0.6 is 11.6 Å². The number of benzene rings is 2. The second kappa shape index (κ2) is 5.08. The van der Waals surface area contributed by atoms with Crippen molar-refractivity contribution in [3.8, 4) is 0 Å². The second-order valence-electron chi connectivity index (χ2n) is 6.58. The number of esters is 1. The number of fused-ring (bicyclic) bond motifs is 2. The van der Waals surface area contributed by atoms with Crippen LogP contribution < -0.4 is 4.90 Å². The molecule has 1 unspecified atom stereocenters. The summed E-state index contributed by atoms with van der Waals surface area (Å²) in [5.41, 5.74) is -0.581. The maximum Gasteiger partial charge on any atom is 0.341 e. The van der Waals surface area contributed by atoms with E-state index in [1.165, 1.54) is 4.90 Å². The monoisotopic (exact) mass is 368 g/mol. The van der Waals surface area contributed by atoms with E-state index in [0.717, 1.165) is 17.7 Å². The van der Waals surface area contributed by atoms with Gasteiger partial charge in [-0.05, 0) is 43.2 Å². The lowest BCUT2D eigenvalue weighted by atomic mass is 9.98. The fourth-order valence-electron chi connectivity index (χ4n) is 3.69. The first kappa shape index (κ1) is 15.4. The first-order valence-corrected chi connectivity index (χ1v) is 8.68. The fraction of sp³-hybridized carbons (Fsp3) is 0.211. The Hall–Kier alpha value is -2.86. The number of nitrogens with zero attached hydrogens (tertiary/aromatic N) is 2. The lowest BCUT2D eigenvalue weighted by molar-refractivity contribution is -0.148. The molecule has 2 aliphatic heterocycles. The summed E-state index contributed by atoms with van der Waals surface area (Å²) in [6.07, 6.45) is 1.55. The third-order valence-electron chi connectivity index (χ3n) is 4.98. The molecule has 6 nitrogen and oxygen atoms in total. The number of anilines is 1. The van der Waals surface area contributed by atoms with Crippen LogP contribution in [0.25, 0.3) is 0 Å². The summed E-state index contributed by atoms with van der Waals surface area (Å²) < 4.78 is 5.60. The Morgan fingerprint density at radius 2 is 1.69 bits per heavy atom. The molecule has 2 fully saturated rings. The molecule has 3 aliphatic rings. The molecule has 1 aliphatic carbocycles. The lowest BCUT2D eigenvalue weighted by Crippen LogP contribution is -2.48. The topological polar surface area (TPSA) is 66.9 Å². The maximum atomic E-state index is 13.4. The van der Waals surface area contributed by atoms with Gasteiger partial charge >= 0.3 is 17.9 Å². The Bertz CT molecular complexity index is 970. The molecule has 1 spiro atoms. The van der Waals surface area contributed by atoms with Gasteiger partial charge in [0.25, 0.3) is 5.72 Å². The van der Waals surface area contributed by atoms with Gasteiger partial charge in [0.15, 0.2) is 0 Å². The third kappa shape index (κ3) is 1.85. The molecule has 0 bridgehead atoms. The molecule has 2 heterocycles. The van der Waals surface area contributed by atoms with Crippen molar-refractivity contribution >= 4 is 35.2 Å². The number of rotatable bonds is 2. The maximum absolute atomic E-state index is 13.4. The van der Waals surface area contributed by atoms with Gasteiger partial charge in [-0.15, -0.1) is 0 Å². The molecule has 7 heteroatoms. The minimum absolute atomic E-state index is 0.122. The zero-order chi connectivity index (χ0) is 18.1. The van der Waals surface area contributed by atoms with Crippen molar-refractivity contribution in [1.82, 2.24) is 4.90 Å². The average molecular weight is 369 g/mol. The summed E-state index contributed by atoms with van der Waals surface area (Å²) in [6, 6.07) is 12.5.